The van der Waals surface area contributed by atoms with Crippen LogP contribution in [-0.2, 0) is 7.05 Å². The van der Waals surface area contributed by atoms with E-state index in [1.54, 1.807) is 13.1 Å². The average molecular weight is 310 g/mol. The van der Waals surface area contributed by atoms with Crippen LogP contribution in [0.3, 0.4) is 0 Å². The molecule has 108 valence electrons. The molecule has 2 aromatic heterocycles. The molecule has 0 bridgehead atoms. The van der Waals surface area contributed by atoms with Gasteiger partial charge in [-0.2, -0.15) is 5.10 Å². The molecule has 0 unspecified atom stereocenters. The van der Waals surface area contributed by atoms with Gasteiger partial charge in [-0.1, -0.05) is 0 Å². The zero-order valence-corrected chi connectivity index (χ0v) is 11.7. The highest BCUT2D eigenvalue weighted by Gasteiger charge is 2.21. The molecule has 0 aliphatic heterocycles. The Morgan fingerprint density at radius 2 is 1.90 bits per heavy atom. The number of nitrogen functional groups attached to an aromatic ring is 1. The molecule has 3 aromatic rings. The van der Waals surface area contributed by atoms with Crippen molar-refractivity contribution in [2.75, 3.05) is 5.73 Å². The molecule has 2 N–H and O–H groups in total. The lowest BCUT2D eigenvalue weighted by Crippen LogP contribution is -1.98. The van der Waals surface area contributed by atoms with Crippen LogP contribution < -0.4 is 5.73 Å². The summed E-state index contributed by atoms with van der Waals surface area (Å²) in [5.41, 5.74) is 7.56. The number of benzene rings is 1. The normalized spacial score (nSPS) is 11.0. The number of hydrogen-bond donors (Lipinski definition) is 1. The summed E-state index contributed by atoms with van der Waals surface area (Å²) in [5.74, 6) is -1.12. The number of aromatic nitrogens is 2. The molecule has 0 amide bonds. The minimum atomic E-state index is -0.697. The second-order valence-electron chi connectivity index (χ2n) is 4.50. The van der Waals surface area contributed by atoms with E-state index >= 15 is 0 Å². The molecule has 0 spiro atoms. The van der Waals surface area contributed by atoms with Crippen LogP contribution in [0.15, 0.2) is 34.9 Å². The molecule has 0 radical (unpaired) electrons. The highest BCUT2D eigenvalue weighted by atomic mass is 35.5. The number of rotatable bonds is 2. The second kappa shape index (κ2) is 4.89. The molecule has 0 saturated carbocycles. The first kappa shape index (κ1) is 13.6. The number of furan rings is 1. The lowest BCUT2D eigenvalue weighted by molar-refractivity contribution is 0.570. The van der Waals surface area contributed by atoms with Gasteiger partial charge in [-0.15, -0.1) is 0 Å². The predicted octanol–water partition coefficient (Wildman–Crippen LogP) is 3.86. The number of halogens is 3. The van der Waals surface area contributed by atoms with Gasteiger partial charge in [0.25, 0.3) is 0 Å². The van der Waals surface area contributed by atoms with Crippen molar-refractivity contribution < 1.29 is 13.2 Å². The zero-order valence-electron chi connectivity index (χ0n) is 10.9. The molecule has 0 aliphatic carbocycles. The molecular formula is C14H10ClF2N3O. The zero-order chi connectivity index (χ0) is 15.1. The summed E-state index contributed by atoms with van der Waals surface area (Å²) < 4.78 is 33.4. The number of aryl methyl sites for hydroxylation is 1. The molecule has 1 aromatic carbocycles. The third-order valence-electron chi connectivity index (χ3n) is 3.12. The Balaban J connectivity index is 2.29. The van der Waals surface area contributed by atoms with Crippen LogP contribution in [0.4, 0.5) is 14.6 Å². The Morgan fingerprint density at radius 1 is 1.24 bits per heavy atom. The van der Waals surface area contributed by atoms with Crippen LogP contribution in [0, 0.1) is 11.6 Å². The van der Waals surface area contributed by atoms with Crippen molar-refractivity contribution >= 4 is 17.4 Å². The maximum Gasteiger partial charge on any atom is 0.202 e. The van der Waals surface area contributed by atoms with Gasteiger partial charge in [0.1, 0.15) is 23.1 Å². The third kappa shape index (κ3) is 2.27. The van der Waals surface area contributed by atoms with Gasteiger partial charge in [0.2, 0.25) is 5.22 Å². The van der Waals surface area contributed by atoms with Crippen LogP contribution in [-0.4, -0.2) is 9.78 Å². The van der Waals surface area contributed by atoms with E-state index in [2.05, 4.69) is 5.10 Å². The van der Waals surface area contributed by atoms with Crippen molar-refractivity contribution in [2.45, 2.75) is 0 Å². The average Bonchev–Trinajstić information content (AvgIpc) is 2.93. The minimum absolute atomic E-state index is 0.131. The van der Waals surface area contributed by atoms with Crippen LogP contribution in [0.25, 0.3) is 22.4 Å². The summed E-state index contributed by atoms with van der Waals surface area (Å²) in [6.07, 6.45) is 1.40. The van der Waals surface area contributed by atoms with Gasteiger partial charge in [-0.25, -0.2) is 8.78 Å². The van der Waals surface area contributed by atoms with Gasteiger partial charge >= 0.3 is 0 Å². The highest BCUT2D eigenvalue weighted by molar-refractivity contribution is 6.31. The molecule has 0 saturated heterocycles. The number of nitrogens with zero attached hydrogens (tertiary/aromatic N) is 2. The summed E-state index contributed by atoms with van der Waals surface area (Å²) in [7, 11) is 1.63. The van der Waals surface area contributed by atoms with Crippen molar-refractivity contribution in [3.8, 4) is 22.4 Å². The number of nitrogens with two attached hydrogens (primary N) is 1. The molecule has 4 nitrogen and oxygen atoms in total. The SMILES string of the molecule is Cn1nc(-c2ccoc2Cl)c(-c2cc(F)cc(F)c2)c1N. The topological polar surface area (TPSA) is 57.0 Å². The van der Waals surface area contributed by atoms with E-state index in [-0.39, 0.29) is 16.6 Å². The smallest absolute Gasteiger partial charge is 0.202 e. The van der Waals surface area contributed by atoms with E-state index < -0.39 is 11.6 Å². The van der Waals surface area contributed by atoms with Gasteiger partial charge in [0, 0.05) is 13.1 Å². The van der Waals surface area contributed by atoms with E-state index in [4.69, 9.17) is 21.8 Å². The second-order valence-corrected chi connectivity index (χ2v) is 4.84. The molecule has 2 heterocycles. The van der Waals surface area contributed by atoms with Crippen LogP contribution in [0.5, 0.6) is 0 Å². The van der Waals surface area contributed by atoms with Crippen LogP contribution >= 0.6 is 11.6 Å². The first-order chi connectivity index (χ1) is 9.97. The summed E-state index contributed by atoms with van der Waals surface area (Å²) in [6, 6.07) is 4.78. The molecular weight excluding hydrogens is 300 g/mol. The van der Waals surface area contributed by atoms with E-state index in [1.165, 1.54) is 23.1 Å². The summed E-state index contributed by atoms with van der Waals surface area (Å²) in [4.78, 5) is 0. The Hall–Kier alpha value is -2.34. The van der Waals surface area contributed by atoms with E-state index in [0.717, 1.165) is 6.07 Å². The van der Waals surface area contributed by atoms with Crippen molar-refractivity contribution in [3.05, 3.63) is 47.4 Å². The monoisotopic (exact) mass is 309 g/mol. The summed E-state index contributed by atoms with van der Waals surface area (Å²) in [6.45, 7) is 0. The molecule has 0 aliphatic rings. The fourth-order valence-electron chi connectivity index (χ4n) is 2.17. The fourth-order valence-corrected chi connectivity index (χ4v) is 2.38. The fraction of sp³-hybridized carbons (Fsp3) is 0.0714. The largest absolute Gasteiger partial charge is 0.452 e. The van der Waals surface area contributed by atoms with Gasteiger partial charge < -0.3 is 10.2 Å². The molecule has 21 heavy (non-hydrogen) atoms. The lowest BCUT2D eigenvalue weighted by atomic mass is 10.0. The van der Waals surface area contributed by atoms with Gasteiger partial charge in [-0.05, 0) is 35.4 Å². The lowest BCUT2D eigenvalue weighted by Gasteiger charge is -2.04. The van der Waals surface area contributed by atoms with E-state index in [0.29, 0.717) is 16.8 Å². The molecule has 7 heteroatoms. The third-order valence-corrected chi connectivity index (χ3v) is 3.41. The van der Waals surface area contributed by atoms with E-state index in [1.807, 2.05) is 0 Å². The minimum Gasteiger partial charge on any atom is -0.452 e. The van der Waals surface area contributed by atoms with Crippen molar-refractivity contribution in [1.29, 1.82) is 0 Å². The number of hydrogen-bond acceptors (Lipinski definition) is 3. The first-order valence-corrected chi connectivity index (χ1v) is 6.37. The summed E-state index contributed by atoms with van der Waals surface area (Å²) >= 11 is 5.95. The Morgan fingerprint density at radius 3 is 2.48 bits per heavy atom. The maximum atomic E-state index is 13.5. The van der Waals surface area contributed by atoms with Crippen molar-refractivity contribution in [1.82, 2.24) is 9.78 Å². The van der Waals surface area contributed by atoms with Crippen LogP contribution in [0.1, 0.15) is 0 Å². The predicted molar refractivity (Wildman–Crippen MR) is 75.7 cm³/mol. The highest BCUT2D eigenvalue weighted by Crippen LogP contribution is 2.39. The van der Waals surface area contributed by atoms with Gasteiger partial charge in [0.05, 0.1) is 17.4 Å². The van der Waals surface area contributed by atoms with E-state index in [9.17, 15) is 8.78 Å². The Labute approximate surface area is 123 Å². The van der Waals surface area contributed by atoms with Crippen LogP contribution in [0.2, 0.25) is 5.22 Å². The summed E-state index contributed by atoms with van der Waals surface area (Å²) in [5, 5.41) is 4.38. The molecule has 3 rings (SSSR count). The quantitative estimate of drug-likeness (QED) is 0.782. The van der Waals surface area contributed by atoms with Crippen molar-refractivity contribution in [2.24, 2.45) is 7.05 Å². The first-order valence-electron chi connectivity index (χ1n) is 5.99. The van der Waals surface area contributed by atoms with Gasteiger partial charge in [-0.3, -0.25) is 4.68 Å². The number of anilines is 1. The van der Waals surface area contributed by atoms with Crippen molar-refractivity contribution in [3.63, 3.8) is 0 Å². The molecule has 0 atom stereocenters. The van der Waals surface area contributed by atoms with Gasteiger partial charge in [0.15, 0.2) is 0 Å². The Kier molecular flexibility index (Phi) is 3.17. The molecule has 0 fully saturated rings. The maximum absolute atomic E-state index is 13.5. The standard InChI is InChI=1S/C14H10ClF2N3O/c1-20-14(18)11(7-4-8(16)6-9(17)5-7)12(19-20)10-2-3-21-13(10)15/h2-6H,18H2,1H3. The Bertz CT molecular complexity index is 805.